The molecule has 1 heteroatoms. The van der Waals surface area contributed by atoms with Gasteiger partial charge in [0, 0.05) is 0 Å². The second-order valence-corrected chi connectivity index (χ2v) is 12.4. The third-order valence-corrected chi connectivity index (χ3v) is 9.89. The van der Waals surface area contributed by atoms with Crippen LogP contribution in [0.15, 0.2) is 60.7 Å². The fraction of sp³-hybridized carbons (Fsp3) is 0.419. The lowest BCUT2D eigenvalue weighted by Gasteiger charge is -2.30. The Morgan fingerprint density at radius 2 is 1.31 bits per heavy atom. The van der Waals surface area contributed by atoms with E-state index in [4.69, 9.17) is 0 Å². The summed E-state index contributed by atoms with van der Waals surface area (Å²) in [5, 5.41) is 4.57. The Labute approximate surface area is 197 Å². The second-order valence-electron chi connectivity index (χ2n) is 10.2. The van der Waals surface area contributed by atoms with Crippen LogP contribution in [-0.2, 0) is 0 Å². The predicted octanol–water partition coefficient (Wildman–Crippen LogP) is 7.61. The van der Waals surface area contributed by atoms with Crippen molar-refractivity contribution >= 4 is 23.8 Å². The van der Waals surface area contributed by atoms with Gasteiger partial charge < -0.3 is 0 Å². The van der Waals surface area contributed by atoms with Crippen molar-refractivity contribution in [3.05, 3.63) is 88.5 Å². The van der Waals surface area contributed by atoms with Crippen molar-refractivity contribution in [2.24, 2.45) is 11.8 Å². The van der Waals surface area contributed by atoms with Gasteiger partial charge in [-0.2, -0.15) is 0 Å². The van der Waals surface area contributed by atoms with Crippen LogP contribution in [0.2, 0.25) is 0 Å². The maximum Gasteiger partial charge on any atom is -0.0116 e. The molecule has 1 aliphatic carbocycles. The van der Waals surface area contributed by atoms with Crippen LogP contribution in [0.25, 0.3) is 0 Å². The summed E-state index contributed by atoms with van der Waals surface area (Å²) in [5.74, 6) is 2.31. The molecule has 0 saturated heterocycles. The monoisotopic (exact) mass is 442 g/mol. The Morgan fingerprint density at radius 3 is 1.84 bits per heavy atom. The van der Waals surface area contributed by atoms with E-state index in [1.165, 1.54) is 58.5 Å². The van der Waals surface area contributed by atoms with Crippen LogP contribution < -0.4 is 15.9 Å². The Hall–Kier alpha value is -1.91. The minimum absolute atomic E-state index is 0.590. The summed E-state index contributed by atoms with van der Waals surface area (Å²) >= 11 is 0. The number of rotatable bonds is 6. The minimum Gasteiger partial charge on any atom is -0.0651 e. The molecule has 0 nitrogen and oxygen atoms in total. The molecule has 1 saturated carbocycles. The molecule has 0 N–H and O–H groups in total. The average Bonchev–Trinajstić information content (AvgIpc) is 3.22. The highest BCUT2D eigenvalue weighted by atomic mass is 31.1. The summed E-state index contributed by atoms with van der Waals surface area (Å²) in [4.78, 5) is 0. The zero-order valence-corrected chi connectivity index (χ0v) is 21.7. The lowest BCUT2D eigenvalue weighted by molar-refractivity contribution is 0.325. The van der Waals surface area contributed by atoms with Gasteiger partial charge in [-0.25, -0.2) is 0 Å². The third kappa shape index (κ3) is 4.87. The molecule has 1 aliphatic rings. The molecule has 0 radical (unpaired) electrons. The van der Waals surface area contributed by atoms with E-state index in [1.807, 2.05) is 0 Å². The zero-order chi connectivity index (χ0) is 22.8. The first-order valence-electron chi connectivity index (χ1n) is 12.4. The second kappa shape index (κ2) is 9.93. The van der Waals surface area contributed by atoms with Crippen LogP contribution in [0.4, 0.5) is 0 Å². The third-order valence-electron chi connectivity index (χ3n) is 7.45. The van der Waals surface area contributed by atoms with Gasteiger partial charge in [-0.15, -0.1) is 0 Å². The van der Waals surface area contributed by atoms with Gasteiger partial charge in [-0.05, 0) is 87.7 Å². The SMILES string of the molecule is CC[C@H](C)C1CCCC1c1ccccc1P(c1cc(C)cc(C)c1)c1cc(C)cc(C)c1. The number of aryl methyl sites for hydroxylation is 4. The average molecular weight is 443 g/mol. The first kappa shape index (κ1) is 23.3. The molecule has 0 aliphatic heterocycles. The van der Waals surface area contributed by atoms with Gasteiger partial charge in [-0.3, -0.25) is 0 Å². The Kier molecular flexibility index (Phi) is 7.21. The van der Waals surface area contributed by atoms with E-state index in [2.05, 4.69) is 102 Å². The van der Waals surface area contributed by atoms with Gasteiger partial charge in [0.05, 0.1) is 0 Å². The van der Waals surface area contributed by atoms with Crippen molar-refractivity contribution in [1.29, 1.82) is 0 Å². The first-order valence-corrected chi connectivity index (χ1v) is 13.8. The largest absolute Gasteiger partial charge is 0.0651 e. The summed E-state index contributed by atoms with van der Waals surface area (Å²) in [5.41, 5.74) is 7.10. The molecule has 0 bridgehead atoms. The van der Waals surface area contributed by atoms with E-state index in [0.717, 1.165) is 11.8 Å². The normalized spacial score (nSPS) is 19.5. The topological polar surface area (TPSA) is 0 Å². The van der Waals surface area contributed by atoms with E-state index in [-0.39, 0.29) is 0 Å². The highest BCUT2D eigenvalue weighted by Gasteiger charge is 2.34. The van der Waals surface area contributed by atoms with Crippen LogP contribution in [0, 0.1) is 39.5 Å². The van der Waals surface area contributed by atoms with Gasteiger partial charge >= 0.3 is 0 Å². The van der Waals surface area contributed by atoms with Crippen molar-refractivity contribution in [3.63, 3.8) is 0 Å². The molecule has 0 spiro atoms. The van der Waals surface area contributed by atoms with Crippen LogP contribution in [0.1, 0.15) is 73.3 Å². The molecular formula is C31H39P. The fourth-order valence-corrected chi connectivity index (χ4v) is 8.87. The maximum atomic E-state index is 2.47. The molecule has 0 amide bonds. The molecule has 0 heterocycles. The van der Waals surface area contributed by atoms with E-state index < -0.39 is 7.92 Å². The Morgan fingerprint density at radius 1 is 0.781 bits per heavy atom. The highest BCUT2D eigenvalue weighted by Crippen LogP contribution is 2.47. The molecule has 32 heavy (non-hydrogen) atoms. The van der Waals surface area contributed by atoms with Crippen LogP contribution in [0.5, 0.6) is 0 Å². The van der Waals surface area contributed by atoms with E-state index in [1.54, 1.807) is 10.9 Å². The quantitative estimate of drug-likeness (QED) is 0.345. The van der Waals surface area contributed by atoms with Gasteiger partial charge in [0.1, 0.15) is 0 Å². The van der Waals surface area contributed by atoms with Crippen molar-refractivity contribution in [2.45, 2.75) is 73.1 Å². The maximum absolute atomic E-state index is 2.47. The van der Waals surface area contributed by atoms with Crippen LogP contribution in [0.3, 0.4) is 0 Å². The molecule has 1 fully saturated rings. The smallest absolute Gasteiger partial charge is 0.0116 e. The fourth-order valence-electron chi connectivity index (χ4n) is 5.95. The zero-order valence-electron chi connectivity index (χ0n) is 20.8. The summed E-state index contributed by atoms with van der Waals surface area (Å²) in [6.45, 7) is 13.8. The van der Waals surface area contributed by atoms with Gasteiger partial charge in [0.15, 0.2) is 0 Å². The van der Waals surface area contributed by atoms with Crippen LogP contribution in [-0.4, -0.2) is 0 Å². The predicted molar refractivity (Wildman–Crippen MR) is 144 cm³/mol. The van der Waals surface area contributed by atoms with Crippen molar-refractivity contribution < 1.29 is 0 Å². The molecule has 168 valence electrons. The number of hydrogen-bond acceptors (Lipinski definition) is 0. The molecular weight excluding hydrogens is 403 g/mol. The first-order chi connectivity index (χ1) is 15.4. The molecule has 2 unspecified atom stereocenters. The van der Waals surface area contributed by atoms with Crippen molar-refractivity contribution in [1.82, 2.24) is 0 Å². The molecule has 4 rings (SSSR count). The highest BCUT2D eigenvalue weighted by molar-refractivity contribution is 7.80. The van der Waals surface area contributed by atoms with E-state index >= 15 is 0 Å². The Balaban J connectivity index is 1.91. The van der Waals surface area contributed by atoms with E-state index in [0.29, 0.717) is 5.92 Å². The minimum atomic E-state index is -0.590. The molecule has 3 aromatic carbocycles. The van der Waals surface area contributed by atoms with Crippen LogP contribution >= 0.6 is 7.92 Å². The molecule has 3 atom stereocenters. The summed E-state index contributed by atoms with van der Waals surface area (Å²) in [6.07, 6.45) is 5.39. The molecule has 0 aromatic heterocycles. The molecule has 3 aromatic rings. The van der Waals surface area contributed by atoms with Gasteiger partial charge in [-0.1, -0.05) is 110 Å². The number of benzene rings is 3. The van der Waals surface area contributed by atoms with E-state index in [9.17, 15) is 0 Å². The Bertz CT molecular complexity index is 988. The lowest BCUT2D eigenvalue weighted by Crippen LogP contribution is -2.27. The van der Waals surface area contributed by atoms with Gasteiger partial charge in [0.25, 0.3) is 0 Å². The van der Waals surface area contributed by atoms with Crippen molar-refractivity contribution in [3.8, 4) is 0 Å². The number of hydrogen-bond donors (Lipinski definition) is 0. The summed E-state index contributed by atoms with van der Waals surface area (Å²) in [6, 6.07) is 23.8. The van der Waals surface area contributed by atoms with Gasteiger partial charge in [0.2, 0.25) is 0 Å². The lowest BCUT2D eigenvalue weighted by atomic mass is 9.80. The summed E-state index contributed by atoms with van der Waals surface area (Å²) < 4.78 is 0. The summed E-state index contributed by atoms with van der Waals surface area (Å²) in [7, 11) is -0.590. The standard InChI is InChI=1S/C31H39P/c1-7-25(6)28-12-10-13-29(28)30-11-8-9-14-31(30)32(26-17-21(2)15-22(3)18-26)27-19-23(4)16-24(5)20-27/h8-9,11,14-20,25,28-29H,7,10,12-13H2,1-6H3/t25-,28?,29?/m0/s1. The van der Waals surface area contributed by atoms with Crippen molar-refractivity contribution in [2.75, 3.05) is 0 Å².